The highest BCUT2D eigenvalue weighted by atomic mass is 32.2. The van der Waals surface area contributed by atoms with Gasteiger partial charge in [-0.2, -0.15) is 0 Å². The van der Waals surface area contributed by atoms with Crippen LogP contribution in [-0.2, 0) is 5.75 Å². The van der Waals surface area contributed by atoms with Gasteiger partial charge in [0.25, 0.3) is 5.78 Å². The van der Waals surface area contributed by atoms with E-state index in [0.717, 1.165) is 22.5 Å². The van der Waals surface area contributed by atoms with E-state index in [0.29, 0.717) is 10.9 Å². The van der Waals surface area contributed by atoms with Crippen molar-refractivity contribution >= 4 is 28.6 Å². The third-order valence-corrected chi connectivity index (χ3v) is 5.31. The number of aromatic nitrogens is 5. The Morgan fingerprint density at radius 3 is 2.62 bits per heavy atom. The summed E-state index contributed by atoms with van der Waals surface area (Å²) in [6.45, 7) is 0. The van der Waals surface area contributed by atoms with Crippen LogP contribution in [-0.4, -0.2) is 30.5 Å². The average Bonchev–Trinajstić information content (AvgIpc) is 3.51. The molecule has 0 fully saturated rings. The van der Waals surface area contributed by atoms with Crippen LogP contribution in [0, 0.1) is 0 Å². The summed E-state index contributed by atoms with van der Waals surface area (Å²) in [6.07, 6.45) is 1.47. The Bertz CT molecular complexity index is 1240. The van der Waals surface area contributed by atoms with E-state index in [1.807, 2.05) is 54.6 Å². The molecule has 0 aliphatic heterocycles. The fraction of sp³-hybridized carbons (Fsp3) is 0.0476. The van der Waals surface area contributed by atoms with Crippen LogP contribution in [0.3, 0.4) is 0 Å². The van der Waals surface area contributed by atoms with E-state index in [2.05, 4.69) is 20.2 Å². The molecule has 0 unspecified atom stereocenters. The first-order valence-corrected chi connectivity index (χ1v) is 9.93. The quantitative estimate of drug-likeness (QED) is 0.338. The molecule has 5 rings (SSSR count). The second-order valence-electron chi connectivity index (χ2n) is 6.27. The number of H-pyrrole nitrogens is 1. The van der Waals surface area contributed by atoms with Gasteiger partial charge < -0.3 is 9.40 Å². The lowest BCUT2D eigenvalue weighted by Gasteiger charge is -2.08. The Hall–Kier alpha value is -3.65. The monoisotopic (exact) mass is 401 g/mol. The normalized spacial score (nSPS) is 11.2. The van der Waals surface area contributed by atoms with Gasteiger partial charge in [-0.05, 0) is 36.4 Å². The molecule has 0 spiro atoms. The van der Waals surface area contributed by atoms with Gasteiger partial charge in [-0.3, -0.25) is 9.36 Å². The Labute approximate surface area is 169 Å². The zero-order valence-electron chi connectivity index (χ0n) is 15.1. The van der Waals surface area contributed by atoms with E-state index in [9.17, 15) is 4.79 Å². The third kappa shape index (κ3) is 3.34. The largest absolute Gasteiger partial charge is 0.461 e. The van der Waals surface area contributed by atoms with E-state index in [-0.39, 0.29) is 17.4 Å². The maximum absolute atomic E-state index is 12.9. The lowest BCUT2D eigenvalue weighted by Crippen LogP contribution is -2.10. The molecule has 0 saturated carbocycles. The van der Waals surface area contributed by atoms with E-state index in [1.165, 1.54) is 18.0 Å². The molecule has 5 aromatic rings. The van der Waals surface area contributed by atoms with Crippen LogP contribution in [0.5, 0.6) is 0 Å². The fourth-order valence-corrected chi connectivity index (χ4v) is 3.87. The van der Waals surface area contributed by atoms with E-state index in [4.69, 9.17) is 4.42 Å². The Morgan fingerprint density at radius 2 is 1.83 bits per heavy atom. The van der Waals surface area contributed by atoms with Crippen LogP contribution >= 0.6 is 11.8 Å². The zero-order chi connectivity index (χ0) is 19.6. The summed E-state index contributed by atoms with van der Waals surface area (Å²) < 4.78 is 7.01. The number of nitrogens with zero attached hydrogens (tertiary/aromatic N) is 4. The number of ketones is 1. The second kappa shape index (κ2) is 7.40. The highest BCUT2D eigenvalue weighted by Gasteiger charge is 2.23. The summed E-state index contributed by atoms with van der Waals surface area (Å²) in [5.41, 5.74) is 2.71. The van der Waals surface area contributed by atoms with Crippen LogP contribution < -0.4 is 0 Å². The summed E-state index contributed by atoms with van der Waals surface area (Å²) in [5, 5.41) is 9.02. The van der Waals surface area contributed by atoms with E-state index in [1.54, 1.807) is 16.7 Å². The molecule has 7 nitrogen and oxygen atoms in total. The second-order valence-corrected chi connectivity index (χ2v) is 7.22. The van der Waals surface area contributed by atoms with Crippen molar-refractivity contribution in [3.05, 3.63) is 90.4 Å². The van der Waals surface area contributed by atoms with E-state index >= 15 is 0 Å². The summed E-state index contributed by atoms with van der Waals surface area (Å²) >= 11 is 1.46. The first kappa shape index (κ1) is 17.4. The predicted molar refractivity (Wildman–Crippen MR) is 109 cm³/mol. The predicted octanol–water partition coefficient (Wildman–Crippen LogP) is 4.26. The Kier molecular flexibility index (Phi) is 4.45. The van der Waals surface area contributed by atoms with Gasteiger partial charge in [0.05, 0.1) is 23.0 Å². The molecule has 142 valence electrons. The number of aromatic amines is 1. The molecule has 0 amide bonds. The van der Waals surface area contributed by atoms with Crippen molar-refractivity contribution in [2.45, 2.75) is 10.9 Å². The molecule has 0 atom stereocenters. The maximum Gasteiger partial charge on any atom is 0.265 e. The van der Waals surface area contributed by atoms with Crippen molar-refractivity contribution in [3.63, 3.8) is 0 Å². The van der Waals surface area contributed by atoms with E-state index < -0.39 is 0 Å². The number of hydrogen-bond acceptors (Lipinski definition) is 6. The molecule has 29 heavy (non-hydrogen) atoms. The van der Waals surface area contributed by atoms with Gasteiger partial charge in [-0.15, -0.1) is 10.2 Å². The molecule has 2 aromatic carbocycles. The number of thioether (sulfide) groups is 1. The SMILES string of the molecule is O=C(c1ccco1)c1nnc(SCc2nc3ccccc3[nH]2)n1-c1ccccc1. The number of fused-ring (bicyclic) bond motifs is 1. The molecule has 3 heterocycles. The van der Waals surface area contributed by atoms with Crippen LogP contribution in [0.25, 0.3) is 16.7 Å². The molecule has 3 aromatic heterocycles. The van der Waals surface area contributed by atoms with Crippen LogP contribution in [0.15, 0.2) is 82.6 Å². The molecule has 0 bridgehead atoms. The number of furan rings is 1. The molecule has 0 radical (unpaired) electrons. The van der Waals surface area contributed by atoms with Crippen LogP contribution in [0.1, 0.15) is 22.2 Å². The summed E-state index contributed by atoms with van der Waals surface area (Å²) in [4.78, 5) is 20.8. The van der Waals surface area contributed by atoms with Crippen molar-refractivity contribution in [2.75, 3.05) is 0 Å². The number of carbonyl (C=O) groups excluding carboxylic acids is 1. The van der Waals surface area contributed by atoms with Gasteiger partial charge >= 0.3 is 0 Å². The highest BCUT2D eigenvalue weighted by molar-refractivity contribution is 7.98. The number of carbonyl (C=O) groups is 1. The number of benzene rings is 2. The number of rotatable bonds is 6. The standard InChI is InChI=1S/C21H15N5O2S/c27-19(17-11-6-12-28-17)20-24-25-21(26(20)14-7-2-1-3-8-14)29-13-18-22-15-9-4-5-10-16(15)23-18/h1-12H,13H2,(H,22,23). The molecule has 1 N–H and O–H groups in total. The van der Waals surface area contributed by atoms with Gasteiger partial charge in [-0.25, -0.2) is 4.98 Å². The minimum absolute atomic E-state index is 0.207. The first-order valence-electron chi connectivity index (χ1n) is 8.95. The lowest BCUT2D eigenvalue weighted by molar-refractivity contribution is 0.0997. The minimum Gasteiger partial charge on any atom is -0.461 e. The molecular formula is C21H15N5O2S. The Morgan fingerprint density at radius 1 is 1.00 bits per heavy atom. The van der Waals surface area contributed by atoms with Crippen molar-refractivity contribution < 1.29 is 9.21 Å². The third-order valence-electron chi connectivity index (χ3n) is 4.37. The molecule has 0 aliphatic rings. The number of para-hydroxylation sites is 3. The molecule has 8 heteroatoms. The van der Waals surface area contributed by atoms with Crippen molar-refractivity contribution in [1.82, 2.24) is 24.7 Å². The van der Waals surface area contributed by atoms with Crippen LogP contribution in [0.2, 0.25) is 0 Å². The lowest BCUT2D eigenvalue weighted by atomic mass is 10.2. The average molecular weight is 401 g/mol. The summed E-state index contributed by atoms with van der Waals surface area (Å²) in [6, 6.07) is 20.7. The zero-order valence-corrected chi connectivity index (χ0v) is 16.0. The maximum atomic E-state index is 12.9. The fourth-order valence-electron chi connectivity index (χ4n) is 3.05. The smallest absolute Gasteiger partial charge is 0.265 e. The van der Waals surface area contributed by atoms with Crippen LogP contribution in [0.4, 0.5) is 0 Å². The molecular weight excluding hydrogens is 386 g/mol. The number of hydrogen-bond donors (Lipinski definition) is 1. The van der Waals surface area contributed by atoms with Crippen molar-refractivity contribution in [2.24, 2.45) is 0 Å². The Balaban J connectivity index is 1.50. The molecule has 0 aliphatic carbocycles. The molecule has 0 saturated heterocycles. The minimum atomic E-state index is -0.318. The van der Waals surface area contributed by atoms with Gasteiger partial charge in [0.1, 0.15) is 5.82 Å². The van der Waals surface area contributed by atoms with Crippen molar-refractivity contribution in [1.29, 1.82) is 0 Å². The summed E-state index contributed by atoms with van der Waals surface area (Å²) in [7, 11) is 0. The van der Waals surface area contributed by atoms with Crippen molar-refractivity contribution in [3.8, 4) is 5.69 Å². The number of imidazole rings is 1. The van der Waals surface area contributed by atoms with Gasteiger partial charge in [-0.1, -0.05) is 42.1 Å². The summed E-state index contributed by atoms with van der Waals surface area (Å²) in [5.74, 6) is 1.51. The highest BCUT2D eigenvalue weighted by Crippen LogP contribution is 2.26. The topological polar surface area (TPSA) is 89.6 Å². The first-order chi connectivity index (χ1) is 14.3. The number of nitrogens with one attached hydrogen (secondary N) is 1. The van der Waals surface area contributed by atoms with Gasteiger partial charge in [0, 0.05) is 5.69 Å². The van der Waals surface area contributed by atoms with Gasteiger partial charge in [0.2, 0.25) is 5.82 Å². The van der Waals surface area contributed by atoms with Gasteiger partial charge in [0.15, 0.2) is 10.9 Å².